The Hall–Kier alpha value is -0.570. The molecule has 0 spiro atoms. The van der Waals surface area contributed by atoms with Gasteiger partial charge in [0, 0.05) is 25.6 Å². The molecule has 0 aromatic rings. The SMILES string of the molecule is CCNC(C)CC(=O)N(C)C1CCC(CC)CC1. The molecule has 1 rings (SSSR count). The summed E-state index contributed by atoms with van der Waals surface area (Å²) in [7, 11) is 1.98. The third kappa shape index (κ3) is 4.60. The van der Waals surface area contributed by atoms with Gasteiger partial charge in [0.25, 0.3) is 0 Å². The lowest BCUT2D eigenvalue weighted by Crippen LogP contribution is -2.42. The molecule has 0 aliphatic heterocycles. The van der Waals surface area contributed by atoms with Gasteiger partial charge in [0.1, 0.15) is 0 Å². The van der Waals surface area contributed by atoms with Gasteiger partial charge in [-0.25, -0.2) is 0 Å². The number of carbonyl (C=O) groups is 1. The molecule has 1 fully saturated rings. The van der Waals surface area contributed by atoms with E-state index in [2.05, 4.69) is 26.1 Å². The van der Waals surface area contributed by atoms with Crippen LogP contribution in [0, 0.1) is 5.92 Å². The van der Waals surface area contributed by atoms with Crippen LogP contribution >= 0.6 is 0 Å². The van der Waals surface area contributed by atoms with E-state index < -0.39 is 0 Å². The molecular formula is C15H30N2O. The quantitative estimate of drug-likeness (QED) is 0.790. The van der Waals surface area contributed by atoms with Gasteiger partial charge in [0.2, 0.25) is 5.91 Å². The Bertz CT molecular complexity index is 247. The van der Waals surface area contributed by atoms with Crippen molar-refractivity contribution in [1.29, 1.82) is 0 Å². The van der Waals surface area contributed by atoms with E-state index in [1.807, 2.05) is 11.9 Å². The Morgan fingerprint density at radius 3 is 2.39 bits per heavy atom. The molecule has 0 heterocycles. The highest BCUT2D eigenvalue weighted by Crippen LogP contribution is 2.29. The molecule has 0 saturated heterocycles. The van der Waals surface area contributed by atoms with Crippen LogP contribution < -0.4 is 5.32 Å². The Morgan fingerprint density at radius 1 is 1.28 bits per heavy atom. The minimum absolute atomic E-state index is 0.289. The Labute approximate surface area is 112 Å². The van der Waals surface area contributed by atoms with E-state index in [0.29, 0.717) is 18.4 Å². The number of rotatable bonds is 6. The van der Waals surface area contributed by atoms with Gasteiger partial charge in [0.15, 0.2) is 0 Å². The predicted octanol–water partition coefficient (Wildman–Crippen LogP) is 2.80. The van der Waals surface area contributed by atoms with Gasteiger partial charge in [-0.1, -0.05) is 20.3 Å². The number of nitrogens with zero attached hydrogens (tertiary/aromatic N) is 1. The maximum absolute atomic E-state index is 12.2. The van der Waals surface area contributed by atoms with Gasteiger partial charge in [-0.3, -0.25) is 4.79 Å². The number of amides is 1. The summed E-state index contributed by atoms with van der Waals surface area (Å²) >= 11 is 0. The van der Waals surface area contributed by atoms with Crippen LogP contribution in [0.5, 0.6) is 0 Å². The van der Waals surface area contributed by atoms with Gasteiger partial charge in [0.05, 0.1) is 0 Å². The monoisotopic (exact) mass is 254 g/mol. The fourth-order valence-electron chi connectivity index (χ4n) is 2.97. The summed E-state index contributed by atoms with van der Waals surface area (Å²) in [6.45, 7) is 7.37. The van der Waals surface area contributed by atoms with Crippen LogP contribution in [0.4, 0.5) is 0 Å². The number of hydrogen-bond donors (Lipinski definition) is 1. The molecule has 1 aliphatic carbocycles. The van der Waals surface area contributed by atoms with Gasteiger partial charge in [-0.2, -0.15) is 0 Å². The second-order valence-electron chi connectivity index (χ2n) is 5.75. The van der Waals surface area contributed by atoms with Crippen LogP contribution in [0.25, 0.3) is 0 Å². The largest absolute Gasteiger partial charge is 0.343 e. The average Bonchev–Trinajstić information content (AvgIpc) is 2.38. The maximum Gasteiger partial charge on any atom is 0.224 e. The molecule has 0 bridgehead atoms. The highest BCUT2D eigenvalue weighted by atomic mass is 16.2. The molecule has 0 aromatic heterocycles. The summed E-state index contributed by atoms with van der Waals surface area (Å²) in [6, 6.07) is 0.769. The second-order valence-corrected chi connectivity index (χ2v) is 5.75. The predicted molar refractivity (Wildman–Crippen MR) is 76.6 cm³/mol. The molecule has 0 aromatic carbocycles. The summed E-state index contributed by atoms with van der Waals surface area (Å²) < 4.78 is 0. The Morgan fingerprint density at radius 2 is 1.89 bits per heavy atom. The van der Waals surface area contributed by atoms with Gasteiger partial charge in [-0.15, -0.1) is 0 Å². The summed E-state index contributed by atoms with van der Waals surface area (Å²) in [5, 5.41) is 3.30. The minimum atomic E-state index is 0.289. The van der Waals surface area contributed by atoms with Crippen LogP contribution in [-0.4, -0.2) is 36.5 Å². The summed E-state index contributed by atoms with van der Waals surface area (Å²) in [6.07, 6.45) is 6.88. The molecule has 1 saturated carbocycles. The first kappa shape index (κ1) is 15.5. The van der Waals surface area contributed by atoms with Crippen molar-refractivity contribution >= 4 is 5.91 Å². The zero-order valence-corrected chi connectivity index (χ0v) is 12.5. The lowest BCUT2D eigenvalue weighted by atomic mass is 9.84. The lowest BCUT2D eigenvalue weighted by molar-refractivity contribution is -0.133. The van der Waals surface area contributed by atoms with Crippen molar-refractivity contribution in [1.82, 2.24) is 10.2 Å². The van der Waals surface area contributed by atoms with E-state index in [9.17, 15) is 4.79 Å². The topological polar surface area (TPSA) is 32.3 Å². The van der Waals surface area contributed by atoms with E-state index in [0.717, 1.165) is 12.5 Å². The maximum atomic E-state index is 12.2. The van der Waals surface area contributed by atoms with Crippen molar-refractivity contribution < 1.29 is 4.79 Å². The van der Waals surface area contributed by atoms with Crippen molar-refractivity contribution in [3.63, 3.8) is 0 Å². The third-order valence-electron chi connectivity index (χ3n) is 4.37. The van der Waals surface area contributed by atoms with E-state index in [-0.39, 0.29) is 6.04 Å². The van der Waals surface area contributed by atoms with Crippen LogP contribution in [0.3, 0.4) is 0 Å². The number of carbonyl (C=O) groups excluding carboxylic acids is 1. The van der Waals surface area contributed by atoms with Gasteiger partial charge in [-0.05, 0) is 45.1 Å². The molecule has 18 heavy (non-hydrogen) atoms. The normalized spacial score (nSPS) is 25.8. The van der Waals surface area contributed by atoms with Gasteiger partial charge >= 0.3 is 0 Å². The van der Waals surface area contributed by atoms with E-state index in [1.165, 1.54) is 32.1 Å². The van der Waals surface area contributed by atoms with Crippen molar-refractivity contribution in [2.24, 2.45) is 5.92 Å². The summed E-state index contributed by atoms with van der Waals surface area (Å²) in [4.78, 5) is 14.2. The highest BCUT2D eigenvalue weighted by molar-refractivity contribution is 5.76. The number of hydrogen-bond acceptors (Lipinski definition) is 2. The standard InChI is InChI=1S/C15H30N2O/c1-5-13-7-9-14(10-8-13)17(4)15(18)11-12(3)16-6-2/h12-14,16H,5-11H2,1-4H3. The van der Waals surface area contributed by atoms with Gasteiger partial charge < -0.3 is 10.2 Å². The number of nitrogens with one attached hydrogen (secondary N) is 1. The molecule has 1 atom stereocenters. The van der Waals surface area contributed by atoms with Crippen LogP contribution in [0.2, 0.25) is 0 Å². The van der Waals surface area contributed by atoms with Crippen molar-refractivity contribution in [2.45, 2.75) is 71.4 Å². The Balaban J connectivity index is 2.35. The first-order chi connectivity index (χ1) is 8.58. The molecule has 1 amide bonds. The van der Waals surface area contributed by atoms with E-state index in [1.54, 1.807) is 0 Å². The fourth-order valence-corrected chi connectivity index (χ4v) is 2.97. The Kier molecular flexibility index (Phi) is 6.69. The lowest BCUT2D eigenvalue weighted by Gasteiger charge is -2.35. The first-order valence-electron chi connectivity index (χ1n) is 7.57. The highest BCUT2D eigenvalue weighted by Gasteiger charge is 2.26. The minimum Gasteiger partial charge on any atom is -0.343 e. The fraction of sp³-hybridized carbons (Fsp3) is 0.933. The van der Waals surface area contributed by atoms with Crippen molar-refractivity contribution in [3.05, 3.63) is 0 Å². The van der Waals surface area contributed by atoms with Crippen LogP contribution in [-0.2, 0) is 4.79 Å². The third-order valence-corrected chi connectivity index (χ3v) is 4.37. The molecule has 3 nitrogen and oxygen atoms in total. The first-order valence-corrected chi connectivity index (χ1v) is 7.57. The second kappa shape index (κ2) is 7.78. The molecular weight excluding hydrogens is 224 g/mol. The average molecular weight is 254 g/mol. The van der Waals surface area contributed by atoms with E-state index in [4.69, 9.17) is 0 Å². The van der Waals surface area contributed by atoms with Crippen LogP contribution in [0.1, 0.15) is 59.3 Å². The molecule has 0 radical (unpaired) electrons. The summed E-state index contributed by atoms with van der Waals surface area (Å²) in [5.74, 6) is 1.19. The van der Waals surface area contributed by atoms with Crippen LogP contribution in [0.15, 0.2) is 0 Å². The molecule has 1 aliphatic rings. The molecule has 1 N–H and O–H groups in total. The van der Waals surface area contributed by atoms with Crippen molar-refractivity contribution in [3.8, 4) is 0 Å². The zero-order valence-electron chi connectivity index (χ0n) is 12.5. The molecule has 3 heteroatoms. The van der Waals surface area contributed by atoms with E-state index >= 15 is 0 Å². The molecule has 106 valence electrons. The molecule has 1 unspecified atom stereocenters. The zero-order chi connectivity index (χ0) is 13.5. The smallest absolute Gasteiger partial charge is 0.224 e. The summed E-state index contributed by atoms with van der Waals surface area (Å²) in [5.41, 5.74) is 0. The van der Waals surface area contributed by atoms with Crippen molar-refractivity contribution in [2.75, 3.05) is 13.6 Å².